The maximum absolute atomic E-state index is 8.52. The Balaban J connectivity index is 3.69. The molecule has 0 aromatic rings. The first-order valence-electron chi connectivity index (χ1n) is 5.62. The summed E-state index contributed by atoms with van der Waals surface area (Å²) in [6.07, 6.45) is 4.10. The molecular weight excluding hydrogens is 172 g/mol. The van der Waals surface area contributed by atoms with Crippen LogP contribution >= 0.6 is 0 Å². The topological polar surface area (TPSA) is 35.8 Å². The van der Waals surface area contributed by atoms with Crippen LogP contribution in [-0.4, -0.2) is 12.6 Å². The van der Waals surface area contributed by atoms with Gasteiger partial charge < -0.3 is 5.32 Å². The number of nitrogens with one attached hydrogen (secondary N) is 1. The van der Waals surface area contributed by atoms with E-state index >= 15 is 0 Å². The second-order valence-electron chi connectivity index (χ2n) is 4.89. The van der Waals surface area contributed by atoms with Crippen molar-refractivity contribution in [3.8, 4) is 6.07 Å². The molecule has 1 atom stereocenters. The van der Waals surface area contributed by atoms with E-state index in [1.54, 1.807) is 0 Å². The number of hydrogen-bond acceptors (Lipinski definition) is 2. The first kappa shape index (κ1) is 13.4. The third kappa shape index (κ3) is 6.91. The predicted molar refractivity (Wildman–Crippen MR) is 61.0 cm³/mol. The van der Waals surface area contributed by atoms with E-state index in [0.717, 1.165) is 13.0 Å². The first-order valence-corrected chi connectivity index (χ1v) is 5.62. The van der Waals surface area contributed by atoms with Crippen molar-refractivity contribution < 1.29 is 0 Å². The molecule has 1 unspecified atom stereocenters. The van der Waals surface area contributed by atoms with E-state index in [4.69, 9.17) is 5.26 Å². The van der Waals surface area contributed by atoms with Crippen molar-refractivity contribution in [2.45, 2.75) is 59.4 Å². The summed E-state index contributed by atoms with van der Waals surface area (Å²) in [6.45, 7) is 9.88. The van der Waals surface area contributed by atoms with Crippen LogP contribution in [0.5, 0.6) is 0 Å². The molecule has 0 aliphatic heterocycles. The Morgan fingerprint density at radius 1 is 1.43 bits per heavy atom. The summed E-state index contributed by atoms with van der Waals surface area (Å²) in [5.74, 6) is 0. The van der Waals surface area contributed by atoms with Crippen molar-refractivity contribution in [3.05, 3.63) is 0 Å². The van der Waals surface area contributed by atoms with E-state index in [1.807, 2.05) is 0 Å². The van der Waals surface area contributed by atoms with Gasteiger partial charge in [-0.25, -0.2) is 0 Å². The maximum atomic E-state index is 8.52. The van der Waals surface area contributed by atoms with E-state index in [-0.39, 0.29) is 5.41 Å². The molecule has 0 spiro atoms. The van der Waals surface area contributed by atoms with E-state index < -0.39 is 0 Å². The molecular formula is C12H24N2. The van der Waals surface area contributed by atoms with Gasteiger partial charge in [0.15, 0.2) is 0 Å². The highest BCUT2D eigenvalue weighted by atomic mass is 14.9. The van der Waals surface area contributed by atoms with E-state index in [2.05, 4.69) is 39.1 Å². The van der Waals surface area contributed by atoms with Gasteiger partial charge >= 0.3 is 0 Å². The Morgan fingerprint density at radius 2 is 2.07 bits per heavy atom. The van der Waals surface area contributed by atoms with Crippen LogP contribution in [0.25, 0.3) is 0 Å². The Morgan fingerprint density at radius 3 is 2.57 bits per heavy atom. The summed E-state index contributed by atoms with van der Waals surface area (Å²) in [5.41, 5.74) is 0.248. The fourth-order valence-corrected chi connectivity index (χ4v) is 1.47. The molecule has 0 radical (unpaired) electrons. The number of hydrogen-bond donors (Lipinski definition) is 1. The molecule has 0 saturated carbocycles. The minimum absolute atomic E-state index is 0.248. The molecule has 1 N–H and O–H groups in total. The van der Waals surface area contributed by atoms with Gasteiger partial charge in [0.2, 0.25) is 0 Å². The van der Waals surface area contributed by atoms with Gasteiger partial charge in [0.1, 0.15) is 0 Å². The molecule has 0 aliphatic carbocycles. The Kier molecular flexibility index (Phi) is 6.57. The molecule has 2 heteroatoms. The van der Waals surface area contributed by atoms with Gasteiger partial charge in [-0.2, -0.15) is 5.26 Å². The van der Waals surface area contributed by atoms with Crippen LogP contribution in [-0.2, 0) is 0 Å². The minimum Gasteiger partial charge on any atom is -0.314 e. The largest absolute Gasteiger partial charge is 0.314 e. The number of rotatable bonds is 7. The van der Waals surface area contributed by atoms with Gasteiger partial charge in [-0.15, -0.1) is 0 Å². The maximum Gasteiger partial charge on any atom is 0.0621 e. The molecule has 2 nitrogen and oxygen atoms in total. The normalized spacial score (nSPS) is 13.6. The van der Waals surface area contributed by atoms with Gasteiger partial charge in [0, 0.05) is 19.0 Å². The lowest BCUT2D eigenvalue weighted by molar-refractivity contribution is 0.299. The molecule has 0 aromatic carbocycles. The van der Waals surface area contributed by atoms with Crippen LogP contribution in [0.4, 0.5) is 0 Å². The summed E-state index contributed by atoms with van der Waals surface area (Å²) in [5, 5.41) is 12.0. The standard InChI is InChI=1S/C12H24N2/c1-5-7-11(2)14-10-12(3,4)8-6-9-13/h11,14H,5-8,10H2,1-4H3. The molecule has 14 heavy (non-hydrogen) atoms. The van der Waals surface area contributed by atoms with E-state index in [0.29, 0.717) is 12.5 Å². The van der Waals surface area contributed by atoms with Crippen molar-refractivity contribution >= 4 is 0 Å². The first-order chi connectivity index (χ1) is 6.52. The SMILES string of the molecule is CCCC(C)NCC(C)(C)CCC#N. The quantitative estimate of drug-likeness (QED) is 0.679. The van der Waals surface area contributed by atoms with E-state index in [9.17, 15) is 0 Å². The summed E-state index contributed by atoms with van der Waals surface area (Å²) in [4.78, 5) is 0. The average molecular weight is 196 g/mol. The van der Waals surface area contributed by atoms with Crippen LogP contribution in [0.1, 0.15) is 53.4 Å². The smallest absolute Gasteiger partial charge is 0.0621 e. The average Bonchev–Trinajstić information content (AvgIpc) is 2.13. The molecule has 0 aromatic heterocycles. The lowest BCUT2D eigenvalue weighted by atomic mass is 9.87. The minimum atomic E-state index is 0.248. The van der Waals surface area contributed by atoms with Crippen molar-refractivity contribution in [2.75, 3.05) is 6.54 Å². The lowest BCUT2D eigenvalue weighted by Crippen LogP contribution is -2.35. The highest BCUT2D eigenvalue weighted by Crippen LogP contribution is 2.20. The second-order valence-corrected chi connectivity index (χ2v) is 4.89. The zero-order valence-corrected chi connectivity index (χ0v) is 10.1. The van der Waals surface area contributed by atoms with Crippen LogP contribution in [0.3, 0.4) is 0 Å². The van der Waals surface area contributed by atoms with Crippen LogP contribution in [0.2, 0.25) is 0 Å². The second kappa shape index (κ2) is 6.84. The fraction of sp³-hybridized carbons (Fsp3) is 0.917. The molecule has 0 bridgehead atoms. The van der Waals surface area contributed by atoms with E-state index in [1.165, 1.54) is 12.8 Å². The summed E-state index contributed by atoms with van der Waals surface area (Å²) < 4.78 is 0. The summed E-state index contributed by atoms with van der Waals surface area (Å²) >= 11 is 0. The molecule has 0 aliphatic rings. The molecule has 0 rings (SSSR count). The van der Waals surface area contributed by atoms with Gasteiger partial charge in [0.05, 0.1) is 6.07 Å². The summed E-state index contributed by atoms with van der Waals surface area (Å²) in [7, 11) is 0. The van der Waals surface area contributed by atoms with Crippen molar-refractivity contribution in [1.29, 1.82) is 5.26 Å². The van der Waals surface area contributed by atoms with Crippen molar-refractivity contribution in [1.82, 2.24) is 5.32 Å². The number of nitriles is 1. The molecule has 82 valence electrons. The van der Waals surface area contributed by atoms with Crippen molar-refractivity contribution in [3.63, 3.8) is 0 Å². The lowest BCUT2D eigenvalue weighted by Gasteiger charge is -2.26. The van der Waals surface area contributed by atoms with Crippen LogP contribution in [0.15, 0.2) is 0 Å². The highest BCUT2D eigenvalue weighted by Gasteiger charge is 2.17. The zero-order chi connectivity index (χ0) is 11.0. The molecule has 0 heterocycles. The Hall–Kier alpha value is -0.550. The predicted octanol–water partition coefficient (Wildman–Crippen LogP) is 3.09. The third-order valence-corrected chi connectivity index (χ3v) is 2.56. The van der Waals surface area contributed by atoms with Crippen LogP contribution < -0.4 is 5.32 Å². The van der Waals surface area contributed by atoms with Gasteiger partial charge in [-0.05, 0) is 25.2 Å². The van der Waals surface area contributed by atoms with Crippen LogP contribution in [0, 0.1) is 16.7 Å². The number of nitrogens with zero attached hydrogens (tertiary/aromatic N) is 1. The van der Waals surface area contributed by atoms with Gasteiger partial charge in [-0.3, -0.25) is 0 Å². The molecule has 0 amide bonds. The Bertz CT molecular complexity index is 179. The zero-order valence-electron chi connectivity index (χ0n) is 10.1. The molecule has 0 saturated heterocycles. The summed E-state index contributed by atoms with van der Waals surface area (Å²) in [6, 6.07) is 2.81. The third-order valence-electron chi connectivity index (χ3n) is 2.56. The highest BCUT2D eigenvalue weighted by molar-refractivity contribution is 4.79. The van der Waals surface area contributed by atoms with Crippen molar-refractivity contribution in [2.24, 2.45) is 5.41 Å². The molecule has 0 fully saturated rings. The monoisotopic (exact) mass is 196 g/mol. The fourth-order valence-electron chi connectivity index (χ4n) is 1.47. The Labute approximate surface area is 88.7 Å². The van der Waals surface area contributed by atoms with Gasteiger partial charge in [0.25, 0.3) is 0 Å². The van der Waals surface area contributed by atoms with Gasteiger partial charge in [-0.1, -0.05) is 27.2 Å².